The normalized spacial score (nSPS) is 9.08. The molecule has 2 nitrogen and oxygen atoms in total. The average molecular weight is 160 g/mol. The Labute approximate surface area is 73.0 Å². The smallest absolute Gasteiger partial charge is 0.184 e. The summed E-state index contributed by atoms with van der Waals surface area (Å²) in [5.74, 6) is 0. The van der Waals surface area contributed by atoms with Gasteiger partial charge in [0.05, 0.1) is 5.69 Å². The van der Waals surface area contributed by atoms with Gasteiger partial charge in [0.15, 0.2) is 6.19 Å². The van der Waals surface area contributed by atoms with Gasteiger partial charge in [-0.3, -0.25) is 4.90 Å². The van der Waals surface area contributed by atoms with Crippen molar-refractivity contribution in [1.82, 2.24) is 0 Å². The molecule has 2 heteroatoms. The summed E-state index contributed by atoms with van der Waals surface area (Å²) in [7, 11) is 0. The van der Waals surface area contributed by atoms with Crippen LogP contribution in [-0.2, 0) is 0 Å². The van der Waals surface area contributed by atoms with E-state index < -0.39 is 0 Å². The molecule has 0 aliphatic rings. The molecule has 0 unspecified atom stereocenters. The van der Waals surface area contributed by atoms with Gasteiger partial charge in [0.25, 0.3) is 0 Å². The molecule has 0 spiro atoms. The Bertz CT molecular complexity index is 282. The van der Waals surface area contributed by atoms with E-state index >= 15 is 0 Å². The van der Waals surface area contributed by atoms with E-state index in [0.29, 0.717) is 0 Å². The molecular weight excluding hydrogens is 148 g/mol. The van der Waals surface area contributed by atoms with Crippen LogP contribution in [0, 0.1) is 18.4 Å². The van der Waals surface area contributed by atoms with Gasteiger partial charge in [-0.25, -0.2) is 0 Å². The van der Waals surface area contributed by atoms with Crippen molar-refractivity contribution in [2.45, 2.75) is 13.8 Å². The van der Waals surface area contributed by atoms with Crippen LogP contribution in [0.25, 0.3) is 0 Å². The third kappa shape index (κ3) is 1.76. The molecule has 0 atom stereocenters. The maximum atomic E-state index is 8.72. The molecule has 0 radical (unpaired) electrons. The zero-order valence-corrected chi connectivity index (χ0v) is 7.41. The van der Waals surface area contributed by atoms with E-state index in [-0.39, 0.29) is 0 Å². The molecule has 0 saturated carbocycles. The molecular formula is C10H12N2. The summed E-state index contributed by atoms with van der Waals surface area (Å²) in [5, 5.41) is 8.72. The second-order valence-electron chi connectivity index (χ2n) is 2.68. The van der Waals surface area contributed by atoms with Crippen LogP contribution in [0.4, 0.5) is 5.69 Å². The predicted molar refractivity (Wildman–Crippen MR) is 49.8 cm³/mol. The van der Waals surface area contributed by atoms with Crippen molar-refractivity contribution < 1.29 is 0 Å². The van der Waals surface area contributed by atoms with Crippen molar-refractivity contribution in [3.63, 3.8) is 0 Å². The van der Waals surface area contributed by atoms with Crippen LogP contribution < -0.4 is 4.90 Å². The highest BCUT2D eigenvalue weighted by molar-refractivity contribution is 5.50. The minimum Gasteiger partial charge on any atom is -0.280 e. The van der Waals surface area contributed by atoms with Gasteiger partial charge in [0.2, 0.25) is 0 Å². The topological polar surface area (TPSA) is 27.0 Å². The molecule has 62 valence electrons. The second-order valence-corrected chi connectivity index (χ2v) is 2.68. The summed E-state index contributed by atoms with van der Waals surface area (Å²) < 4.78 is 0. The minimum absolute atomic E-state index is 0.722. The fourth-order valence-corrected chi connectivity index (χ4v) is 1.04. The fourth-order valence-electron chi connectivity index (χ4n) is 1.04. The van der Waals surface area contributed by atoms with Gasteiger partial charge in [-0.1, -0.05) is 17.7 Å². The molecule has 0 aliphatic heterocycles. The van der Waals surface area contributed by atoms with Crippen molar-refractivity contribution in [2.75, 3.05) is 11.4 Å². The Balaban J connectivity index is 2.89. The molecule has 0 aliphatic carbocycles. The zero-order valence-electron chi connectivity index (χ0n) is 7.41. The van der Waals surface area contributed by atoms with E-state index in [2.05, 4.69) is 6.19 Å². The highest BCUT2D eigenvalue weighted by Gasteiger charge is 1.99. The third-order valence-corrected chi connectivity index (χ3v) is 1.78. The van der Waals surface area contributed by atoms with E-state index in [9.17, 15) is 0 Å². The van der Waals surface area contributed by atoms with Crippen LogP contribution in [-0.4, -0.2) is 6.54 Å². The maximum Gasteiger partial charge on any atom is 0.184 e. The molecule has 0 bridgehead atoms. The number of rotatable bonds is 2. The molecule has 1 rings (SSSR count). The predicted octanol–water partition coefficient (Wildman–Crippen LogP) is 2.30. The van der Waals surface area contributed by atoms with Crippen LogP contribution in [0.15, 0.2) is 24.3 Å². The molecule has 0 fully saturated rings. The van der Waals surface area contributed by atoms with Crippen LogP contribution in [0.3, 0.4) is 0 Å². The molecule has 1 aromatic rings. The van der Waals surface area contributed by atoms with Gasteiger partial charge in [0, 0.05) is 6.54 Å². The summed E-state index contributed by atoms with van der Waals surface area (Å²) >= 11 is 0. The van der Waals surface area contributed by atoms with Gasteiger partial charge in [-0.15, -0.1) is 0 Å². The number of anilines is 1. The van der Waals surface area contributed by atoms with E-state index in [4.69, 9.17) is 5.26 Å². The van der Waals surface area contributed by atoms with Crippen LogP contribution in [0.2, 0.25) is 0 Å². The van der Waals surface area contributed by atoms with E-state index in [0.717, 1.165) is 12.2 Å². The summed E-state index contributed by atoms with van der Waals surface area (Å²) in [4.78, 5) is 1.65. The Kier molecular flexibility index (Phi) is 2.71. The van der Waals surface area contributed by atoms with E-state index in [1.807, 2.05) is 38.1 Å². The van der Waals surface area contributed by atoms with Gasteiger partial charge >= 0.3 is 0 Å². The second kappa shape index (κ2) is 3.77. The number of benzene rings is 1. The lowest BCUT2D eigenvalue weighted by atomic mass is 10.2. The Morgan fingerprint density at radius 1 is 1.33 bits per heavy atom. The largest absolute Gasteiger partial charge is 0.280 e. The molecule has 0 N–H and O–H groups in total. The number of aryl methyl sites for hydroxylation is 1. The highest BCUT2D eigenvalue weighted by atomic mass is 15.1. The molecule has 0 amide bonds. The fraction of sp³-hybridized carbons (Fsp3) is 0.300. The van der Waals surface area contributed by atoms with Crippen molar-refractivity contribution in [1.29, 1.82) is 5.26 Å². The lowest BCUT2D eigenvalue weighted by molar-refractivity contribution is 1.02. The quantitative estimate of drug-likeness (QED) is 0.490. The monoisotopic (exact) mass is 160 g/mol. The first-order valence-electron chi connectivity index (χ1n) is 4.02. The number of hydrogen-bond donors (Lipinski definition) is 0. The van der Waals surface area contributed by atoms with Crippen LogP contribution in [0.5, 0.6) is 0 Å². The van der Waals surface area contributed by atoms with Crippen molar-refractivity contribution >= 4 is 5.69 Å². The lowest BCUT2D eigenvalue weighted by Gasteiger charge is -2.12. The van der Waals surface area contributed by atoms with Gasteiger partial charge < -0.3 is 0 Å². The number of nitrogens with zero attached hydrogens (tertiary/aromatic N) is 2. The standard InChI is InChI=1S/C10H12N2/c1-3-12(8-11)10-6-4-9(2)5-7-10/h4-7H,3H2,1-2H3. The third-order valence-electron chi connectivity index (χ3n) is 1.78. The molecule has 0 aromatic heterocycles. The maximum absolute atomic E-state index is 8.72. The first kappa shape index (κ1) is 8.61. The van der Waals surface area contributed by atoms with E-state index in [1.54, 1.807) is 4.90 Å². The molecule has 0 saturated heterocycles. The van der Waals surface area contributed by atoms with Crippen LogP contribution in [0.1, 0.15) is 12.5 Å². The summed E-state index contributed by atoms with van der Waals surface area (Å²) in [5.41, 5.74) is 2.18. The summed E-state index contributed by atoms with van der Waals surface area (Å²) in [6.07, 6.45) is 2.12. The molecule has 12 heavy (non-hydrogen) atoms. The highest BCUT2D eigenvalue weighted by Crippen LogP contribution is 2.13. The first-order valence-corrected chi connectivity index (χ1v) is 4.02. The van der Waals surface area contributed by atoms with Crippen molar-refractivity contribution in [3.8, 4) is 6.19 Å². The van der Waals surface area contributed by atoms with Crippen LogP contribution >= 0.6 is 0 Å². The van der Waals surface area contributed by atoms with Gasteiger partial charge in [-0.2, -0.15) is 5.26 Å². The zero-order chi connectivity index (χ0) is 8.97. The number of nitriles is 1. The van der Waals surface area contributed by atoms with Crippen molar-refractivity contribution in [2.24, 2.45) is 0 Å². The Hall–Kier alpha value is -1.49. The summed E-state index contributed by atoms with van der Waals surface area (Å²) in [6, 6.07) is 7.94. The van der Waals surface area contributed by atoms with Gasteiger partial charge in [-0.05, 0) is 26.0 Å². The number of hydrogen-bond acceptors (Lipinski definition) is 2. The summed E-state index contributed by atoms with van der Waals surface area (Å²) in [6.45, 7) is 4.72. The molecule has 1 aromatic carbocycles. The van der Waals surface area contributed by atoms with Crippen molar-refractivity contribution in [3.05, 3.63) is 29.8 Å². The minimum atomic E-state index is 0.722. The lowest BCUT2D eigenvalue weighted by Crippen LogP contribution is -2.14. The average Bonchev–Trinajstić information content (AvgIpc) is 2.10. The molecule has 0 heterocycles. The first-order chi connectivity index (χ1) is 5.77. The van der Waals surface area contributed by atoms with Gasteiger partial charge in [0.1, 0.15) is 0 Å². The Morgan fingerprint density at radius 3 is 2.33 bits per heavy atom. The Morgan fingerprint density at radius 2 is 1.92 bits per heavy atom. The van der Waals surface area contributed by atoms with E-state index in [1.165, 1.54) is 5.56 Å². The SMILES string of the molecule is CCN(C#N)c1ccc(C)cc1.